The third kappa shape index (κ3) is 3.72. The van der Waals surface area contributed by atoms with Gasteiger partial charge in [-0.1, -0.05) is 25.1 Å². The van der Waals surface area contributed by atoms with Crippen LogP contribution in [-0.4, -0.2) is 43.4 Å². The Kier molecular flexibility index (Phi) is 5.17. The molecule has 0 saturated carbocycles. The normalized spacial score (nSPS) is 14.9. The molecule has 1 aliphatic rings. The highest BCUT2D eigenvalue weighted by Gasteiger charge is 2.17. The summed E-state index contributed by atoms with van der Waals surface area (Å²) in [5.41, 5.74) is 4.63. The number of hydrogen-bond donors (Lipinski definition) is 1. The maximum Gasteiger partial charge on any atom is 0.290 e. The van der Waals surface area contributed by atoms with E-state index in [0.29, 0.717) is 18.9 Å². The molecule has 0 aliphatic carbocycles. The Bertz CT molecular complexity index is 972. The lowest BCUT2D eigenvalue weighted by Gasteiger charge is -2.25. The van der Waals surface area contributed by atoms with E-state index in [1.807, 2.05) is 31.2 Å². The highest BCUT2D eigenvalue weighted by atomic mass is 32.1. The topological polar surface area (TPSA) is 80.0 Å². The molecule has 140 valence electrons. The summed E-state index contributed by atoms with van der Waals surface area (Å²) >= 11 is 1.46. The molecule has 1 saturated heterocycles. The van der Waals surface area contributed by atoms with E-state index in [1.165, 1.54) is 11.3 Å². The van der Waals surface area contributed by atoms with Crippen LogP contribution in [0.3, 0.4) is 0 Å². The molecule has 0 atom stereocenters. The minimum absolute atomic E-state index is 0.326. The van der Waals surface area contributed by atoms with Gasteiger partial charge in [0, 0.05) is 35.8 Å². The predicted molar refractivity (Wildman–Crippen MR) is 106 cm³/mol. The van der Waals surface area contributed by atoms with Crippen molar-refractivity contribution in [3.8, 4) is 0 Å². The molecule has 0 unspecified atom stereocenters. The van der Waals surface area contributed by atoms with Crippen LogP contribution >= 0.6 is 11.3 Å². The van der Waals surface area contributed by atoms with E-state index >= 15 is 0 Å². The van der Waals surface area contributed by atoms with Crippen LogP contribution in [0.5, 0.6) is 0 Å². The third-order valence-electron chi connectivity index (χ3n) is 4.40. The van der Waals surface area contributed by atoms with Crippen LogP contribution in [0, 0.1) is 0 Å². The highest BCUT2D eigenvalue weighted by Crippen LogP contribution is 2.25. The average Bonchev–Trinajstić information content (AvgIpc) is 3.34. The van der Waals surface area contributed by atoms with Gasteiger partial charge in [-0.3, -0.25) is 4.79 Å². The maximum atomic E-state index is 12.3. The zero-order chi connectivity index (χ0) is 18.6. The van der Waals surface area contributed by atoms with Gasteiger partial charge in [0.15, 0.2) is 5.13 Å². The quantitative estimate of drug-likeness (QED) is 0.540. The Hall–Kier alpha value is -2.71. The van der Waals surface area contributed by atoms with Crippen LogP contribution in [0.4, 0.5) is 5.13 Å². The van der Waals surface area contributed by atoms with Gasteiger partial charge in [-0.2, -0.15) is 5.10 Å². The predicted octanol–water partition coefficient (Wildman–Crippen LogP) is 3.05. The lowest BCUT2D eigenvalue weighted by Crippen LogP contribution is -2.36. The Labute approximate surface area is 160 Å². The molecule has 2 aromatic heterocycles. The van der Waals surface area contributed by atoms with Crippen molar-refractivity contribution >= 4 is 39.6 Å². The number of aryl methyl sites for hydroxylation is 1. The average molecular weight is 384 g/mol. The van der Waals surface area contributed by atoms with Crippen molar-refractivity contribution in [3.05, 3.63) is 46.7 Å². The number of hydrogen-bond acceptors (Lipinski definition) is 7. The first-order valence-electron chi connectivity index (χ1n) is 8.88. The number of thiazole rings is 1. The number of carbonyl (C=O) groups is 1. The molecule has 1 fully saturated rings. The van der Waals surface area contributed by atoms with Crippen molar-refractivity contribution in [2.75, 3.05) is 31.2 Å². The van der Waals surface area contributed by atoms with Gasteiger partial charge < -0.3 is 14.1 Å². The van der Waals surface area contributed by atoms with Crippen molar-refractivity contribution < 1.29 is 13.9 Å². The van der Waals surface area contributed by atoms with Gasteiger partial charge in [-0.05, 0) is 6.07 Å². The first-order valence-corrected chi connectivity index (χ1v) is 9.76. The summed E-state index contributed by atoms with van der Waals surface area (Å²) in [4.78, 5) is 18.9. The van der Waals surface area contributed by atoms with Crippen LogP contribution in [0.15, 0.2) is 39.2 Å². The number of amides is 1. The number of rotatable bonds is 5. The van der Waals surface area contributed by atoms with E-state index in [1.54, 1.807) is 11.6 Å². The number of benzene rings is 1. The molecule has 4 rings (SSSR count). The van der Waals surface area contributed by atoms with Crippen LogP contribution in [0.25, 0.3) is 11.0 Å². The highest BCUT2D eigenvalue weighted by molar-refractivity contribution is 7.13. The fourth-order valence-electron chi connectivity index (χ4n) is 3.00. The number of nitrogens with zero attached hydrogens (tertiary/aromatic N) is 3. The molecule has 3 aromatic rings. The number of morpholine rings is 1. The summed E-state index contributed by atoms with van der Waals surface area (Å²) in [5, 5.41) is 7.68. The summed E-state index contributed by atoms with van der Waals surface area (Å²) in [5.74, 6) is 0.519. The van der Waals surface area contributed by atoms with Crippen molar-refractivity contribution in [2.24, 2.45) is 5.10 Å². The second-order valence-electron chi connectivity index (χ2n) is 6.10. The third-order valence-corrected chi connectivity index (χ3v) is 5.30. The minimum atomic E-state index is -0.326. The first kappa shape index (κ1) is 17.7. The SMILES string of the molecule is CCc1oc2ccccc2c1/C=N\NC(=O)c1csc(N2CCOCC2)n1. The number of carbonyl (C=O) groups excluding carboxylic acids is 1. The second kappa shape index (κ2) is 7.89. The van der Waals surface area contributed by atoms with Crippen LogP contribution in [0.2, 0.25) is 0 Å². The van der Waals surface area contributed by atoms with Gasteiger partial charge in [0.2, 0.25) is 0 Å². The van der Waals surface area contributed by atoms with E-state index in [2.05, 4.69) is 20.4 Å². The molecule has 8 heteroatoms. The molecular formula is C19H20N4O3S. The number of anilines is 1. The van der Waals surface area contributed by atoms with Gasteiger partial charge in [0.25, 0.3) is 5.91 Å². The lowest BCUT2D eigenvalue weighted by molar-refractivity contribution is 0.0951. The molecule has 1 N–H and O–H groups in total. The molecule has 1 aliphatic heterocycles. The van der Waals surface area contributed by atoms with E-state index < -0.39 is 0 Å². The van der Waals surface area contributed by atoms with E-state index in [0.717, 1.165) is 46.9 Å². The molecule has 0 spiro atoms. The van der Waals surface area contributed by atoms with Crippen molar-refractivity contribution in [2.45, 2.75) is 13.3 Å². The van der Waals surface area contributed by atoms with Gasteiger partial charge in [-0.15, -0.1) is 11.3 Å². The number of para-hydroxylation sites is 1. The zero-order valence-corrected chi connectivity index (χ0v) is 15.8. The summed E-state index contributed by atoms with van der Waals surface area (Å²) in [6.45, 7) is 4.98. The monoisotopic (exact) mass is 384 g/mol. The van der Waals surface area contributed by atoms with Crippen LogP contribution in [0.1, 0.15) is 28.7 Å². The summed E-state index contributed by atoms with van der Waals surface area (Å²) in [6.07, 6.45) is 2.39. The Morgan fingerprint density at radius 2 is 2.19 bits per heavy atom. The van der Waals surface area contributed by atoms with Crippen LogP contribution in [-0.2, 0) is 11.2 Å². The van der Waals surface area contributed by atoms with E-state index in [4.69, 9.17) is 9.15 Å². The standard InChI is InChI=1S/C19H20N4O3S/c1-2-16-14(13-5-3-4-6-17(13)26-16)11-20-22-18(24)15-12-27-19(21-15)23-7-9-25-10-8-23/h3-6,11-12H,2,7-10H2,1H3,(H,22,24)/b20-11-. The van der Waals surface area contributed by atoms with E-state index in [-0.39, 0.29) is 5.91 Å². The number of nitrogens with one attached hydrogen (secondary N) is 1. The largest absolute Gasteiger partial charge is 0.460 e. The molecule has 3 heterocycles. The van der Waals surface area contributed by atoms with E-state index in [9.17, 15) is 4.79 Å². The molecule has 0 radical (unpaired) electrons. The van der Waals surface area contributed by atoms with Gasteiger partial charge in [-0.25, -0.2) is 10.4 Å². The summed E-state index contributed by atoms with van der Waals surface area (Å²) < 4.78 is 11.2. The number of furan rings is 1. The Morgan fingerprint density at radius 3 is 3.00 bits per heavy atom. The summed E-state index contributed by atoms with van der Waals surface area (Å²) in [6, 6.07) is 7.79. The van der Waals surface area contributed by atoms with Crippen molar-refractivity contribution in [3.63, 3.8) is 0 Å². The van der Waals surface area contributed by atoms with Gasteiger partial charge in [0.05, 0.1) is 19.4 Å². The van der Waals surface area contributed by atoms with Crippen molar-refractivity contribution in [1.29, 1.82) is 0 Å². The fourth-order valence-corrected chi connectivity index (χ4v) is 3.86. The van der Waals surface area contributed by atoms with Crippen molar-refractivity contribution in [1.82, 2.24) is 10.4 Å². The van der Waals surface area contributed by atoms with Gasteiger partial charge in [0.1, 0.15) is 17.0 Å². The molecular weight excluding hydrogens is 364 g/mol. The fraction of sp³-hybridized carbons (Fsp3) is 0.316. The maximum absolute atomic E-state index is 12.3. The number of ether oxygens (including phenoxy) is 1. The minimum Gasteiger partial charge on any atom is -0.460 e. The second-order valence-corrected chi connectivity index (χ2v) is 6.94. The number of hydrazone groups is 1. The molecule has 7 nitrogen and oxygen atoms in total. The molecule has 0 bridgehead atoms. The van der Waals surface area contributed by atoms with Gasteiger partial charge >= 0.3 is 0 Å². The smallest absolute Gasteiger partial charge is 0.290 e. The molecule has 1 amide bonds. The zero-order valence-electron chi connectivity index (χ0n) is 15.0. The first-order chi connectivity index (χ1) is 13.3. The molecule has 27 heavy (non-hydrogen) atoms. The number of aromatic nitrogens is 1. The van der Waals surface area contributed by atoms with Crippen LogP contribution < -0.4 is 10.3 Å². The summed E-state index contributed by atoms with van der Waals surface area (Å²) in [7, 11) is 0. The Morgan fingerprint density at radius 1 is 1.37 bits per heavy atom. The number of fused-ring (bicyclic) bond motifs is 1. The molecule has 1 aromatic carbocycles. The lowest BCUT2D eigenvalue weighted by atomic mass is 10.1. The Balaban J connectivity index is 1.46.